The van der Waals surface area contributed by atoms with Gasteiger partial charge in [0.15, 0.2) is 15.8 Å². The van der Waals surface area contributed by atoms with Crippen LogP contribution in [0.25, 0.3) is 0 Å². The number of hydrogen-bond donors (Lipinski definition) is 2. The van der Waals surface area contributed by atoms with E-state index in [-0.39, 0.29) is 29.7 Å². The summed E-state index contributed by atoms with van der Waals surface area (Å²) in [5.74, 6) is 0.654. The lowest BCUT2D eigenvalue weighted by Crippen LogP contribution is -2.39. The third-order valence-electron chi connectivity index (χ3n) is 4.01. The van der Waals surface area contributed by atoms with Crippen LogP contribution in [0.2, 0.25) is 0 Å². The summed E-state index contributed by atoms with van der Waals surface area (Å²) in [6.45, 7) is 8.48. The molecule has 9 heteroatoms. The average molecular weight is 519 g/mol. The van der Waals surface area contributed by atoms with Gasteiger partial charge in [-0.2, -0.15) is 5.10 Å². The third kappa shape index (κ3) is 7.78. The molecule has 1 aromatic heterocycles. The number of benzene rings is 1. The molecule has 0 aliphatic carbocycles. The van der Waals surface area contributed by atoms with Gasteiger partial charge in [-0.25, -0.2) is 8.42 Å². The molecule has 7 nitrogen and oxygen atoms in total. The summed E-state index contributed by atoms with van der Waals surface area (Å²) in [5.41, 5.74) is 2.17. The quantitative estimate of drug-likeness (QED) is 0.230. The maximum Gasteiger partial charge on any atom is 0.191 e. The molecular weight excluding hydrogens is 489 g/mol. The van der Waals surface area contributed by atoms with Gasteiger partial charge in [0.05, 0.1) is 16.3 Å². The number of nitrogens with zero attached hydrogens (tertiary/aromatic N) is 3. The summed E-state index contributed by atoms with van der Waals surface area (Å²) in [4.78, 5) is 4.86. The molecule has 0 spiro atoms. The highest BCUT2D eigenvalue weighted by Gasteiger charge is 2.13. The van der Waals surface area contributed by atoms with Crippen LogP contribution in [0.15, 0.2) is 46.3 Å². The zero-order valence-electron chi connectivity index (χ0n) is 16.7. The molecule has 0 radical (unpaired) electrons. The molecule has 0 saturated heterocycles. The minimum atomic E-state index is -3.29. The van der Waals surface area contributed by atoms with Crippen molar-refractivity contribution in [3.05, 3.63) is 47.8 Å². The Labute approximate surface area is 185 Å². The van der Waals surface area contributed by atoms with E-state index in [1.807, 2.05) is 25.5 Å². The summed E-state index contributed by atoms with van der Waals surface area (Å²) in [5, 5.41) is 10.7. The molecule has 0 saturated carbocycles. The summed E-state index contributed by atoms with van der Waals surface area (Å²) in [6, 6.07) is 10.6. The monoisotopic (exact) mass is 519 g/mol. The molecular formula is C19H30IN5O2S. The van der Waals surface area contributed by atoms with E-state index in [2.05, 4.69) is 26.8 Å². The van der Waals surface area contributed by atoms with Gasteiger partial charge in [-0.05, 0) is 45.4 Å². The number of rotatable bonds is 9. The Morgan fingerprint density at radius 2 is 1.89 bits per heavy atom. The van der Waals surface area contributed by atoms with Crippen LogP contribution in [0.3, 0.4) is 0 Å². The molecule has 1 heterocycles. The standard InChI is InChI=1S/C19H29N5O2S.HI/c1-4-20-19(21-11-8-13-24-17(3)15-16(2)23-24)22-12-14-27(25,26)18-9-6-5-7-10-18;/h5-7,9-10,15H,4,8,11-14H2,1-3H3,(H2,20,21,22);1H. The van der Waals surface area contributed by atoms with Crippen molar-refractivity contribution in [2.45, 2.75) is 38.6 Å². The van der Waals surface area contributed by atoms with E-state index in [4.69, 9.17) is 0 Å². The first-order valence-corrected chi connectivity index (χ1v) is 10.9. The fourth-order valence-corrected chi connectivity index (χ4v) is 3.88. The SMILES string of the molecule is CCNC(=NCCCn1nc(C)cc1C)NCCS(=O)(=O)c1ccccc1.I. The minimum Gasteiger partial charge on any atom is -0.357 e. The normalized spacial score (nSPS) is 11.8. The van der Waals surface area contributed by atoms with Crippen molar-refractivity contribution in [3.63, 3.8) is 0 Å². The van der Waals surface area contributed by atoms with Crippen LogP contribution in [0, 0.1) is 13.8 Å². The number of hydrogen-bond acceptors (Lipinski definition) is 4. The number of nitrogens with one attached hydrogen (secondary N) is 2. The lowest BCUT2D eigenvalue weighted by atomic mass is 10.4. The van der Waals surface area contributed by atoms with Crippen molar-refractivity contribution in [1.82, 2.24) is 20.4 Å². The van der Waals surface area contributed by atoms with Crippen LogP contribution < -0.4 is 10.6 Å². The van der Waals surface area contributed by atoms with Crippen molar-refractivity contribution >= 4 is 39.8 Å². The number of halogens is 1. The number of aliphatic imine (C=N–C) groups is 1. The fraction of sp³-hybridized carbons (Fsp3) is 0.474. The van der Waals surface area contributed by atoms with Gasteiger partial charge in [0.1, 0.15) is 0 Å². The van der Waals surface area contributed by atoms with E-state index >= 15 is 0 Å². The van der Waals surface area contributed by atoms with Crippen LogP contribution in [0.5, 0.6) is 0 Å². The second-order valence-corrected chi connectivity index (χ2v) is 8.43. The molecule has 0 atom stereocenters. The molecule has 0 aliphatic heterocycles. The summed E-state index contributed by atoms with van der Waals surface area (Å²) >= 11 is 0. The minimum absolute atomic E-state index is 0. The molecule has 0 fully saturated rings. The number of aryl methyl sites for hydroxylation is 3. The molecule has 1 aromatic carbocycles. The highest BCUT2D eigenvalue weighted by atomic mass is 127. The summed E-state index contributed by atoms with van der Waals surface area (Å²) < 4.78 is 26.6. The molecule has 0 unspecified atom stereocenters. The number of guanidine groups is 1. The lowest BCUT2D eigenvalue weighted by Gasteiger charge is -2.12. The van der Waals surface area contributed by atoms with Gasteiger partial charge in [0.2, 0.25) is 0 Å². The van der Waals surface area contributed by atoms with E-state index in [0.717, 1.165) is 24.4 Å². The Bertz CT molecular complexity index is 850. The predicted octanol–water partition coefficient (Wildman–Crippen LogP) is 2.54. The summed E-state index contributed by atoms with van der Waals surface area (Å²) in [6.07, 6.45) is 0.862. The van der Waals surface area contributed by atoms with Crippen LogP contribution >= 0.6 is 24.0 Å². The van der Waals surface area contributed by atoms with E-state index in [1.165, 1.54) is 0 Å². The molecule has 2 aromatic rings. The molecule has 2 rings (SSSR count). The average Bonchev–Trinajstić information content (AvgIpc) is 2.96. The van der Waals surface area contributed by atoms with E-state index in [0.29, 0.717) is 30.5 Å². The molecule has 156 valence electrons. The fourth-order valence-electron chi connectivity index (χ4n) is 2.70. The molecule has 2 N–H and O–H groups in total. The van der Waals surface area contributed by atoms with Gasteiger partial charge in [-0.3, -0.25) is 9.67 Å². The molecule has 0 aliphatic rings. The molecule has 0 bridgehead atoms. The Hall–Kier alpha value is -1.62. The Balaban J connectivity index is 0.00000392. The van der Waals surface area contributed by atoms with Crippen LogP contribution in [0.1, 0.15) is 24.7 Å². The Morgan fingerprint density at radius 3 is 2.50 bits per heavy atom. The first-order valence-electron chi connectivity index (χ1n) is 9.23. The van der Waals surface area contributed by atoms with Crippen LogP contribution in [-0.4, -0.2) is 49.5 Å². The lowest BCUT2D eigenvalue weighted by molar-refractivity contribution is 0.567. The van der Waals surface area contributed by atoms with Gasteiger partial charge in [0, 0.05) is 31.9 Å². The first-order chi connectivity index (χ1) is 12.9. The zero-order chi connectivity index (χ0) is 19.7. The molecule has 28 heavy (non-hydrogen) atoms. The predicted molar refractivity (Wildman–Crippen MR) is 124 cm³/mol. The maximum atomic E-state index is 12.3. The van der Waals surface area contributed by atoms with E-state index < -0.39 is 9.84 Å². The van der Waals surface area contributed by atoms with Crippen molar-refractivity contribution in [3.8, 4) is 0 Å². The van der Waals surface area contributed by atoms with Crippen molar-refractivity contribution in [2.75, 3.05) is 25.4 Å². The second kappa shape index (κ2) is 12.1. The van der Waals surface area contributed by atoms with Crippen molar-refractivity contribution < 1.29 is 8.42 Å². The first kappa shape index (κ1) is 24.4. The third-order valence-corrected chi connectivity index (χ3v) is 5.74. The van der Waals surface area contributed by atoms with Gasteiger partial charge >= 0.3 is 0 Å². The largest absolute Gasteiger partial charge is 0.357 e. The van der Waals surface area contributed by atoms with Crippen LogP contribution in [-0.2, 0) is 16.4 Å². The smallest absolute Gasteiger partial charge is 0.191 e. The van der Waals surface area contributed by atoms with Gasteiger partial charge < -0.3 is 10.6 Å². The maximum absolute atomic E-state index is 12.3. The second-order valence-electron chi connectivity index (χ2n) is 6.32. The zero-order valence-corrected chi connectivity index (χ0v) is 19.8. The number of aromatic nitrogens is 2. The number of sulfone groups is 1. The van der Waals surface area contributed by atoms with Crippen molar-refractivity contribution in [1.29, 1.82) is 0 Å². The molecule has 0 amide bonds. The van der Waals surface area contributed by atoms with E-state index in [1.54, 1.807) is 30.3 Å². The Morgan fingerprint density at radius 1 is 1.18 bits per heavy atom. The highest BCUT2D eigenvalue weighted by molar-refractivity contribution is 14.0. The highest BCUT2D eigenvalue weighted by Crippen LogP contribution is 2.09. The van der Waals surface area contributed by atoms with Crippen LogP contribution in [0.4, 0.5) is 0 Å². The van der Waals surface area contributed by atoms with Gasteiger partial charge in [-0.15, -0.1) is 24.0 Å². The van der Waals surface area contributed by atoms with E-state index in [9.17, 15) is 8.42 Å². The van der Waals surface area contributed by atoms with Gasteiger partial charge in [0.25, 0.3) is 0 Å². The van der Waals surface area contributed by atoms with Crippen molar-refractivity contribution in [2.24, 2.45) is 4.99 Å². The topological polar surface area (TPSA) is 88.4 Å². The summed E-state index contributed by atoms with van der Waals surface area (Å²) in [7, 11) is -3.29. The Kier molecular flexibility index (Phi) is 10.5. The van der Waals surface area contributed by atoms with Gasteiger partial charge in [-0.1, -0.05) is 18.2 Å².